The van der Waals surface area contributed by atoms with E-state index in [2.05, 4.69) is 29.0 Å². The van der Waals surface area contributed by atoms with Crippen LogP contribution in [0.15, 0.2) is 47.6 Å². The number of rotatable bonds is 5. The van der Waals surface area contributed by atoms with Crippen LogP contribution in [0.25, 0.3) is 11.3 Å². The summed E-state index contributed by atoms with van der Waals surface area (Å²) in [5.41, 5.74) is 3.83. The van der Waals surface area contributed by atoms with Gasteiger partial charge < -0.3 is 4.74 Å². The van der Waals surface area contributed by atoms with Crippen molar-refractivity contribution in [2.75, 3.05) is 10.7 Å². The summed E-state index contributed by atoms with van der Waals surface area (Å²) in [6, 6.07) is 13.1. The molecule has 2 aromatic carbocycles. The molecular weight excluding hydrogens is 444 g/mol. The van der Waals surface area contributed by atoms with Crippen molar-refractivity contribution in [3.05, 3.63) is 58.6 Å². The van der Waals surface area contributed by atoms with Crippen LogP contribution in [0.4, 0.5) is 5.69 Å². The van der Waals surface area contributed by atoms with Gasteiger partial charge in [-0.05, 0) is 43.5 Å². The van der Waals surface area contributed by atoms with E-state index in [1.165, 1.54) is 6.92 Å². The first-order valence-electron chi connectivity index (χ1n) is 10.5. The minimum atomic E-state index is -0.710. The van der Waals surface area contributed by atoms with E-state index in [0.29, 0.717) is 33.4 Å². The monoisotopic (exact) mass is 468 g/mol. The highest BCUT2D eigenvalue weighted by Gasteiger charge is 2.34. The highest BCUT2D eigenvalue weighted by Crippen LogP contribution is 2.44. The third-order valence-electron chi connectivity index (χ3n) is 5.18. The third-order valence-corrected chi connectivity index (χ3v) is 6.30. The van der Waals surface area contributed by atoms with Crippen LogP contribution in [0.3, 0.4) is 0 Å². The molecule has 32 heavy (non-hydrogen) atoms. The van der Waals surface area contributed by atoms with E-state index < -0.39 is 6.23 Å². The molecule has 3 aromatic rings. The molecule has 1 aliphatic rings. The summed E-state index contributed by atoms with van der Waals surface area (Å²) in [6.07, 6.45) is 0.345. The first kappa shape index (κ1) is 22.6. The number of carbonyl (C=O) groups is 1. The van der Waals surface area contributed by atoms with Crippen LogP contribution in [0.5, 0.6) is 5.88 Å². The smallest absolute Gasteiger partial charge is 0.247 e. The molecule has 4 rings (SSSR count). The zero-order valence-electron chi connectivity index (χ0n) is 18.5. The normalized spacial score (nSPS) is 15.1. The summed E-state index contributed by atoms with van der Waals surface area (Å²) in [4.78, 5) is 19.2. The molecule has 0 radical (unpaired) electrons. The van der Waals surface area contributed by atoms with Gasteiger partial charge in [0.1, 0.15) is 0 Å². The highest BCUT2D eigenvalue weighted by atomic mass is 35.5. The summed E-state index contributed by atoms with van der Waals surface area (Å²) in [5.74, 6) is 1.71. The lowest BCUT2D eigenvalue weighted by Crippen LogP contribution is -2.36. The van der Waals surface area contributed by atoms with Crippen LogP contribution in [-0.2, 0) is 4.79 Å². The number of carbonyl (C=O) groups excluding carboxylic acids is 1. The standard InChI is InChI=1S/C24H25ClN4O2S/c1-14(2)11-12-32-24-26-22-21(27-28-24)19-13-15(3)5-10-20(19)29(16(4)30)23(31-22)17-6-8-18(25)9-7-17/h5-10,13-14,23H,11-12H2,1-4H3/t23-/m1/s1. The second kappa shape index (κ2) is 9.46. The second-order valence-corrected chi connectivity index (χ2v) is 9.71. The lowest BCUT2D eigenvalue weighted by atomic mass is 10.0. The van der Waals surface area contributed by atoms with Gasteiger partial charge in [-0.15, -0.1) is 10.2 Å². The van der Waals surface area contributed by atoms with E-state index in [-0.39, 0.29) is 5.91 Å². The van der Waals surface area contributed by atoms with Crippen LogP contribution in [-0.4, -0.2) is 26.8 Å². The molecule has 2 heterocycles. The summed E-state index contributed by atoms with van der Waals surface area (Å²) in [7, 11) is 0. The molecule has 0 unspecified atom stereocenters. The number of fused-ring (bicyclic) bond motifs is 3. The van der Waals surface area contributed by atoms with Crippen LogP contribution >= 0.6 is 23.4 Å². The Morgan fingerprint density at radius 2 is 1.94 bits per heavy atom. The molecule has 1 atom stereocenters. The molecule has 0 aliphatic carbocycles. The first-order valence-corrected chi connectivity index (χ1v) is 11.9. The number of hydrogen-bond acceptors (Lipinski definition) is 6. The van der Waals surface area contributed by atoms with Gasteiger partial charge in [-0.1, -0.05) is 61.0 Å². The summed E-state index contributed by atoms with van der Waals surface area (Å²) in [5, 5.41) is 9.99. The largest absolute Gasteiger partial charge is 0.447 e. The molecule has 0 N–H and O–H groups in total. The summed E-state index contributed by atoms with van der Waals surface area (Å²) < 4.78 is 6.38. The minimum Gasteiger partial charge on any atom is -0.447 e. The zero-order chi connectivity index (χ0) is 22.8. The van der Waals surface area contributed by atoms with Gasteiger partial charge >= 0.3 is 0 Å². The lowest BCUT2D eigenvalue weighted by Gasteiger charge is -2.30. The maximum absolute atomic E-state index is 12.8. The van der Waals surface area contributed by atoms with Gasteiger partial charge in [0.05, 0.1) is 5.69 Å². The van der Waals surface area contributed by atoms with Crippen LogP contribution in [0, 0.1) is 12.8 Å². The molecule has 0 spiro atoms. The van der Waals surface area contributed by atoms with E-state index in [1.807, 2.05) is 37.3 Å². The van der Waals surface area contributed by atoms with Gasteiger partial charge in [0.15, 0.2) is 5.69 Å². The Balaban J connectivity index is 1.84. The number of aromatic nitrogens is 3. The Bertz CT molecular complexity index is 1140. The average molecular weight is 469 g/mol. The number of benzene rings is 2. The van der Waals surface area contributed by atoms with Crippen molar-refractivity contribution in [1.82, 2.24) is 15.2 Å². The third kappa shape index (κ3) is 4.74. The maximum atomic E-state index is 12.8. The van der Waals surface area contributed by atoms with Gasteiger partial charge in [0.2, 0.25) is 23.2 Å². The van der Waals surface area contributed by atoms with E-state index in [4.69, 9.17) is 16.3 Å². The highest BCUT2D eigenvalue weighted by molar-refractivity contribution is 7.99. The Morgan fingerprint density at radius 3 is 2.62 bits per heavy atom. The fourth-order valence-electron chi connectivity index (χ4n) is 3.51. The van der Waals surface area contributed by atoms with Crippen LogP contribution in [0.1, 0.15) is 44.5 Å². The molecule has 6 nitrogen and oxygen atoms in total. The number of hydrogen-bond donors (Lipinski definition) is 0. The molecule has 0 fully saturated rings. The molecule has 0 saturated heterocycles. The zero-order valence-corrected chi connectivity index (χ0v) is 20.1. The molecule has 1 aromatic heterocycles. The molecule has 1 amide bonds. The van der Waals surface area contributed by atoms with E-state index in [1.54, 1.807) is 28.8 Å². The van der Waals surface area contributed by atoms with Crippen molar-refractivity contribution in [1.29, 1.82) is 0 Å². The predicted molar refractivity (Wildman–Crippen MR) is 128 cm³/mol. The lowest BCUT2D eigenvalue weighted by molar-refractivity contribution is -0.118. The number of thioether (sulfide) groups is 1. The Kier molecular flexibility index (Phi) is 6.67. The van der Waals surface area contributed by atoms with Crippen molar-refractivity contribution in [3.8, 4) is 17.1 Å². The number of nitrogens with zero attached hydrogens (tertiary/aromatic N) is 4. The Morgan fingerprint density at radius 1 is 1.19 bits per heavy atom. The summed E-state index contributed by atoms with van der Waals surface area (Å²) >= 11 is 7.65. The van der Waals surface area contributed by atoms with E-state index in [0.717, 1.165) is 28.9 Å². The Labute approximate surface area is 197 Å². The van der Waals surface area contributed by atoms with E-state index in [9.17, 15) is 4.79 Å². The van der Waals surface area contributed by atoms with Gasteiger partial charge in [-0.2, -0.15) is 4.98 Å². The van der Waals surface area contributed by atoms with E-state index >= 15 is 0 Å². The van der Waals surface area contributed by atoms with Gasteiger partial charge in [-0.25, -0.2) is 0 Å². The van der Waals surface area contributed by atoms with Crippen molar-refractivity contribution < 1.29 is 9.53 Å². The number of aryl methyl sites for hydroxylation is 1. The topological polar surface area (TPSA) is 68.2 Å². The van der Waals surface area contributed by atoms with Crippen LogP contribution < -0.4 is 9.64 Å². The Hall–Kier alpha value is -2.64. The molecule has 8 heteroatoms. The van der Waals surface area contributed by atoms with Gasteiger partial charge in [0, 0.05) is 28.8 Å². The molecule has 166 valence electrons. The van der Waals surface area contributed by atoms with Crippen LogP contribution in [0.2, 0.25) is 5.02 Å². The van der Waals surface area contributed by atoms with Crippen molar-refractivity contribution >= 4 is 35.0 Å². The number of ether oxygens (including phenoxy) is 1. The van der Waals surface area contributed by atoms with Crippen molar-refractivity contribution in [3.63, 3.8) is 0 Å². The number of anilines is 1. The minimum absolute atomic E-state index is 0.151. The molecular formula is C24H25ClN4O2S. The molecule has 0 saturated carbocycles. The van der Waals surface area contributed by atoms with Crippen molar-refractivity contribution in [2.24, 2.45) is 5.92 Å². The van der Waals surface area contributed by atoms with Crippen molar-refractivity contribution in [2.45, 2.75) is 45.5 Å². The fraction of sp³-hybridized carbons (Fsp3) is 0.333. The first-order chi connectivity index (χ1) is 15.3. The summed E-state index contributed by atoms with van der Waals surface area (Å²) in [6.45, 7) is 7.90. The predicted octanol–water partition coefficient (Wildman–Crippen LogP) is 6.08. The van der Waals surface area contributed by atoms with Gasteiger partial charge in [0.25, 0.3) is 0 Å². The van der Waals surface area contributed by atoms with Gasteiger partial charge in [-0.3, -0.25) is 9.69 Å². The SMILES string of the molecule is CC(=O)N1c2ccc(C)cc2-c2nnc(SCCC(C)C)nc2O[C@@H]1c1ccc(Cl)cc1. The quantitative estimate of drug-likeness (QED) is 0.422. The molecule has 1 aliphatic heterocycles. The second-order valence-electron chi connectivity index (χ2n) is 8.21. The molecule has 0 bridgehead atoms. The number of halogens is 1. The number of amides is 1. The maximum Gasteiger partial charge on any atom is 0.247 e. The average Bonchev–Trinajstić information content (AvgIpc) is 2.88. The fourth-order valence-corrected chi connectivity index (χ4v) is 4.65.